The van der Waals surface area contributed by atoms with E-state index in [9.17, 15) is 28.1 Å². The molecule has 1 amide bonds. The molecule has 3 N–H and O–H groups in total. The SMILES string of the molecule is NC(=O)COCCNc1cc(C(F)(F)F)ncc1[N+](=O)[O-]. The number of alkyl halides is 3. The van der Waals surface area contributed by atoms with Crippen LogP contribution in [0.2, 0.25) is 0 Å². The molecule has 0 spiro atoms. The Bertz CT molecular complexity index is 536. The maximum Gasteiger partial charge on any atom is 0.433 e. The van der Waals surface area contributed by atoms with E-state index in [1.165, 1.54) is 0 Å². The molecule has 0 aliphatic carbocycles. The van der Waals surface area contributed by atoms with Crippen molar-refractivity contribution in [2.45, 2.75) is 6.18 Å². The molecule has 0 saturated carbocycles. The number of anilines is 1. The van der Waals surface area contributed by atoms with Crippen molar-refractivity contribution in [2.24, 2.45) is 5.73 Å². The van der Waals surface area contributed by atoms with Gasteiger partial charge in [-0.05, 0) is 6.07 Å². The van der Waals surface area contributed by atoms with Gasteiger partial charge in [-0.15, -0.1) is 0 Å². The molecule has 0 unspecified atom stereocenters. The molecular weight excluding hydrogens is 297 g/mol. The van der Waals surface area contributed by atoms with E-state index in [2.05, 4.69) is 10.3 Å². The van der Waals surface area contributed by atoms with Crippen molar-refractivity contribution >= 4 is 17.3 Å². The minimum atomic E-state index is -4.71. The van der Waals surface area contributed by atoms with Gasteiger partial charge in [0.15, 0.2) is 0 Å². The van der Waals surface area contributed by atoms with Crippen LogP contribution in [0.1, 0.15) is 5.69 Å². The number of rotatable bonds is 7. The van der Waals surface area contributed by atoms with Crippen LogP contribution in [0.5, 0.6) is 0 Å². The average Bonchev–Trinajstić information content (AvgIpc) is 2.36. The highest BCUT2D eigenvalue weighted by molar-refractivity contribution is 5.74. The van der Waals surface area contributed by atoms with Crippen LogP contribution < -0.4 is 11.1 Å². The number of primary amides is 1. The Hall–Kier alpha value is -2.43. The number of nitrogens with zero attached hydrogens (tertiary/aromatic N) is 2. The summed E-state index contributed by atoms with van der Waals surface area (Å²) in [7, 11) is 0. The lowest BCUT2D eigenvalue weighted by Crippen LogP contribution is -2.21. The summed E-state index contributed by atoms with van der Waals surface area (Å²) in [5.74, 6) is -0.704. The zero-order valence-electron chi connectivity index (χ0n) is 10.5. The number of nitrogens with two attached hydrogens (primary N) is 1. The Labute approximate surface area is 116 Å². The Kier molecular flexibility index (Phi) is 5.41. The van der Waals surface area contributed by atoms with Crippen LogP contribution in [-0.4, -0.2) is 35.6 Å². The van der Waals surface area contributed by atoms with E-state index in [0.717, 1.165) is 0 Å². The van der Waals surface area contributed by atoms with Gasteiger partial charge in [0.25, 0.3) is 0 Å². The zero-order valence-corrected chi connectivity index (χ0v) is 10.5. The standard InChI is InChI=1S/C10H11F3N4O4/c11-10(12,13)8-3-6(7(4-16-8)17(19)20)15-1-2-21-5-9(14)18/h3-4H,1-2,5H2,(H2,14,18)(H,15,16). The van der Waals surface area contributed by atoms with Crippen molar-refractivity contribution in [1.29, 1.82) is 0 Å². The minimum absolute atomic E-state index is 0.0462. The molecular formula is C10H11F3N4O4. The molecule has 8 nitrogen and oxygen atoms in total. The van der Waals surface area contributed by atoms with E-state index < -0.39 is 28.4 Å². The Morgan fingerprint density at radius 3 is 2.71 bits per heavy atom. The lowest BCUT2D eigenvalue weighted by Gasteiger charge is -2.10. The van der Waals surface area contributed by atoms with Gasteiger partial charge in [0.2, 0.25) is 5.91 Å². The second kappa shape index (κ2) is 6.83. The number of carbonyl (C=O) groups excluding carboxylic acids is 1. The maximum absolute atomic E-state index is 12.5. The van der Waals surface area contributed by atoms with Gasteiger partial charge in [-0.2, -0.15) is 13.2 Å². The number of nitro groups is 1. The molecule has 0 aliphatic heterocycles. The summed E-state index contributed by atoms with van der Waals surface area (Å²) in [6.45, 7) is -0.465. The first kappa shape index (κ1) is 16.6. The minimum Gasteiger partial charge on any atom is -0.377 e. The Balaban J connectivity index is 2.77. The normalized spacial score (nSPS) is 11.2. The number of halogens is 3. The lowest BCUT2D eigenvalue weighted by atomic mass is 10.2. The third-order valence-corrected chi connectivity index (χ3v) is 2.18. The van der Waals surface area contributed by atoms with E-state index in [-0.39, 0.29) is 25.4 Å². The van der Waals surface area contributed by atoms with E-state index >= 15 is 0 Å². The molecule has 1 aromatic rings. The lowest BCUT2D eigenvalue weighted by molar-refractivity contribution is -0.384. The van der Waals surface area contributed by atoms with E-state index in [1.807, 2.05) is 0 Å². The first-order valence-electron chi connectivity index (χ1n) is 5.53. The fraction of sp³-hybridized carbons (Fsp3) is 0.400. The summed E-state index contributed by atoms with van der Waals surface area (Å²) >= 11 is 0. The van der Waals surface area contributed by atoms with Crippen LogP contribution in [0.3, 0.4) is 0 Å². The average molecular weight is 308 g/mol. The maximum atomic E-state index is 12.5. The van der Waals surface area contributed by atoms with E-state index in [1.54, 1.807) is 0 Å². The predicted octanol–water partition coefficient (Wildman–Crippen LogP) is 0.922. The molecule has 0 atom stereocenters. The van der Waals surface area contributed by atoms with Gasteiger partial charge < -0.3 is 15.8 Å². The molecule has 0 bridgehead atoms. The highest BCUT2D eigenvalue weighted by atomic mass is 19.4. The van der Waals surface area contributed by atoms with Crippen LogP contribution >= 0.6 is 0 Å². The summed E-state index contributed by atoms with van der Waals surface area (Å²) in [4.78, 5) is 23.2. The molecule has 1 rings (SSSR count). The number of aromatic nitrogens is 1. The van der Waals surface area contributed by atoms with Crippen molar-refractivity contribution in [1.82, 2.24) is 4.98 Å². The molecule has 21 heavy (non-hydrogen) atoms. The van der Waals surface area contributed by atoms with E-state index in [0.29, 0.717) is 12.3 Å². The molecule has 1 aromatic heterocycles. The summed E-state index contributed by atoms with van der Waals surface area (Å²) in [6, 6.07) is 0.534. The molecule has 11 heteroatoms. The number of amides is 1. The van der Waals surface area contributed by atoms with Crippen LogP contribution in [0, 0.1) is 10.1 Å². The smallest absolute Gasteiger partial charge is 0.377 e. The molecule has 0 radical (unpaired) electrons. The number of pyridine rings is 1. The fourth-order valence-corrected chi connectivity index (χ4v) is 1.32. The van der Waals surface area contributed by atoms with Crippen molar-refractivity contribution < 1.29 is 27.6 Å². The van der Waals surface area contributed by atoms with Gasteiger partial charge in [0, 0.05) is 6.54 Å². The molecule has 116 valence electrons. The Morgan fingerprint density at radius 2 is 2.19 bits per heavy atom. The summed E-state index contributed by atoms with van der Waals surface area (Å²) in [5, 5.41) is 13.1. The fourth-order valence-electron chi connectivity index (χ4n) is 1.32. The number of carbonyl (C=O) groups is 1. The molecule has 0 aliphatic rings. The third-order valence-electron chi connectivity index (χ3n) is 2.18. The van der Waals surface area contributed by atoms with Crippen molar-refractivity contribution in [3.05, 3.63) is 28.1 Å². The molecule has 0 aromatic carbocycles. The monoisotopic (exact) mass is 308 g/mol. The summed E-state index contributed by atoms with van der Waals surface area (Å²) in [6.07, 6.45) is -4.19. The van der Waals surface area contributed by atoms with Crippen molar-refractivity contribution in [3.8, 4) is 0 Å². The van der Waals surface area contributed by atoms with Gasteiger partial charge in [0.05, 0.1) is 11.5 Å². The molecule has 1 heterocycles. The van der Waals surface area contributed by atoms with Crippen LogP contribution in [0.15, 0.2) is 12.3 Å². The van der Waals surface area contributed by atoms with Crippen molar-refractivity contribution in [2.75, 3.05) is 25.1 Å². The quantitative estimate of drug-likeness (QED) is 0.439. The largest absolute Gasteiger partial charge is 0.433 e. The van der Waals surface area contributed by atoms with Gasteiger partial charge in [-0.1, -0.05) is 0 Å². The highest BCUT2D eigenvalue weighted by Gasteiger charge is 2.34. The molecule has 0 saturated heterocycles. The van der Waals surface area contributed by atoms with Gasteiger partial charge in [-0.25, -0.2) is 4.98 Å². The second-order valence-corrected chi connectivity index (χ2v) is 3.79. The summed E-state index contributed by atoms with van der Waals surface area (Å²) < 4.78 is 42.3. The van der Waals surface area contributed by atoms with Crippen LogP contribution in [0.25, 0.3) is 0 Å². The number of nitrogens with one attached hydrogen (secondary N) is 1. The summed E-state index contributed by atoms with van der Waals surface area (Å²) in [5.41, 5.74) is 2.61. The van der Waals surface area contributed by atoms with E-state index in [4.69, 9.17) is 10.5 Å². The highest BCUT2D eigenvalue weighted by Crippen LogP contribution is 2.32. The van der Waals surface area contributed by atoms with Crippen LogP contribution in [0.4, 0.5) is 24.5 Å². The van der Waals surface area contributed by atoms with Gasteiger partial charge >= 0.3 is 11.9 Å². The Morgan fingerprint density at radius 1 is 1.52 bits per heavy atom. The number of hydrogen-bond donors (Lipinski definition) is 2. The first-order valence-corrected chi connectivity index (χ1v) is 5.53. The zero-order chi connectivity index (χ0) is 16.0. The van der Waals surface area contributed by atoms with Crippen molar-refractivity contribution in [3.63, 3.8) is 0 Å². The molecule has 0 fully saturated rings. The van der Waals surface area contributed by atoms with Gasteiger partial charge in [-0.3, -0.25) is 14.9 Å². The predicted molar refractivity (Wildman–Crippen MR) is 64.4 cm³/mol. The number of hydrogen-bond acceptors (Lipinski definition) is 6. The van der Waals surface area contributed by atoms with Crippen LogP contribution in [-0.2, 0) is 15.7 Å². The first-order chi connectivity index (χ1) is 9.71. The second-order valence-electron chi connectivity index (χ2n) is 3.79. The third kappa shape index (κ3) is 5.22. The van der Waals surface area contributed by atoms with Gasteiger partial charge in [0.1, 0.15) is 24.2 Å². The topological polar surface area (TPSA) is 120 Å². The number of ether oxygens (including phenoxy) is 1.